The van der Waals surface area contributed by atoms with E-state index in [0.29, 0.717) is 18.2 Å². The molecule has 0 unspecified atom stereocenters. The van der Waals surface area contributed by atoms with E-state index in [2.05, 4.69) is 30.2 Å². The quantitative estimate of drug-likeness (QED) is 0.807. The van der Waals surface area contributed by atoms with Crippen molar-refractivity contribution >= 4 is 5.97 Å². The Bertz CT molecular complexity index is 730. The van der Waals surface area contributed by atoms with Crippen molar-refractivity contribution in [2.75, 3.05) is 19.8 Å². The number of ether oxygens (including phenoxy) is 2. The molecular formula is C19H24N2O3. The maximum absolute atomic E-state index is 11.9. The number of hydrogen-bond acceptors (Lipinski definition) is 4. The predicted molar refractivity (Wildman–Crippen MR) is 92.1 cm³/mol. The Labute approximate surface area is 142 Å². The van der Waals surface area contributed by atoms with Gasteiger partial charge in [-0.3, -0.25) is 4.68 Å². The minimum absolute atomic E-state index is 0.350. The summed E-state index contributed by atoms with van der Waals surface area (Å²) in [6, 6.07) is 8.40. The second-order valence-electron chi connectivity index (χ2n) is 6.22. The van der Waals surface area contributed by atoms with Gasteiger partial charge >= 0.3 is 5.97 Å². The van der Waals surface area contributed by atoms with E-state index in [4.69, 9.17) is 9.47 Å². The van der Waals surface area contributed by atoms with Gasteiger partial charge in [-0.1, -0.05) is 12.1 Å². The summed E-state index contributed by atoms with van der Waals surface area (Å²) in [5.74, 6) is 0.161. The average Bonchev–Trinajstić information content (AvgIpc) is 2.98. The van der Waals surface area contributed by atoms with Crippen LogP contribution in [0.1, 0.15) is 47.3 Å². The van der Waals surface area contributed by atoms with E-state index >= 15 is 0 Å². The normalized spacial score (nSPS) is 15.5. The smallest absolute Gasteiger partial charge is 0.358 e. The second kappa shape index (κ2) is 7.18. The molecule has 0 N–H and O–H groups in total. The molecular weight excluding hydrogens is 304 g/mol. The molecule has 1 saturated heterocycles. The summed E-state index contributed by atoms with van der Waals surface area (Å²) >= 11 is 0. The molecule has 2 heterocycles. The zero-order valence-electron chi connectivity index (χ0n) is 14.5. The Morgan fingerprint density at radius 2 is 2.08 bits per heavy atom. The van der Waals surface area contributed by atoms with Gasteiger partial charge in [0.2, 0.25) is 0 Å². The molecule has 2 aromatic rings. The van der Waals surface area contributed by atoms with Crippen LogP contribution in [0.25, 0.3) is 11.3 Å². The van der Waals surface area contributed by atoms with E-state index in [1.807, 2.05) is 13.1 Å². The molecule has 0 saturated carbocycles. The van der Waals surface area contributed by atoms with Crippen LogP contribution < -0.4 is 0 Å². The molecule has 1 fully saturated rings. The molecule has 0 atom stereocenters. The first-order valence-corrected chi connectivity index (χ1v) is 8.50. The van der Waals surface area contributed by atoms with Crippen molar-refractivity contribution in [2.45, 2.75) is 32.6 Å². The summed E-state index contributed by atoms with van der Waals surface area (Å²) in [5, 5.41) is 4.31. The number of rotatable bonds is 4. The van der Waals surface area contributed by atoms with Crippen molar-refractivity contribution in [2.24, 2.45) is 7.05 Å². The van der Waals surface area contributed by atoms with Crippen LogP contribution in [0.2, 0.25) is 0 Å². The molecule has 0 spiro atoms. The van der Waals surface area contributed by atoms with Crippen LogP contribution >= 0.6 is 0 Å². The Kier molecular flexibility index (Phi) is 5.00. The molecule has 24 heavy (non-hydrogen) atoms. The average molecular weight is 328 g/mol. The lowest BCUT2D eigenvalue weighted by Crippen LogP contribution is -2.14. The number of aromatic nitrogens is 2. The first-order chi connectivity index (χ1) is 11.6. The van der Waals surface area contributed by atoms with Crippen molar-refractivity contribution in [3.05, 3.63) is 41.1 Å². The predicted octanol–water partition coefficient (Wildman–Crippen LogP) is 3.47. The van der Waals surface area contributed by atoms with Crippen molar-refractivity contribution in [3.8, 4) is 11.3 Å². The van der Waals surface area contributed by atoms with Gasteiger partial charge < -0.3 is 9.47 Å². The van der Waals surface area contributed by atoms with Gasteiger partial charge in [-0.05, 0) is 55.9 Å². The van der Waals surface area contributed by atoms with Gasteiger partial charge in [0.25, 0.3) is 0 Å². The zero-order chi connectivity index (χ0) is 17.1. The molecule has 128 valence electrons. The number of hydrogen-bond donors (Lipinski definition) is 0. The maximum atomic E-state index is 11.9. The van der Waals surface area contributed by atoms with Crippen LogP contribution in [0.3, 0.4) is 0 Å². The lowest BCUT2D eigenvalue weighted by Gasteiger charge is -2.23. The third-order valence-corrected chi connectivity index (χ3v) is 4.59. The highest BCUT2D eigenvalue weighted by molar-refractivity contribution is 5.89. The Balaban J connectivity index is 1.95. The minimum atomic E-state index is -0.377. The van der Waals surface area contributed by atoms with Gasteiger partial charge in [0, 0.05) is 25.8 Å². The zero-order valence-corrected chi connectivity index (χ0v) is 14.5. The summed E-state index contributed by atoms with van der Waals surface area (Å²) in [4.78, 5) is 11.9. The van der Waals surface area contributed by atoms with Crippen molar-refractivity contribution < 1.29 is 14.3 Å². The Morgan fingerprint density at radius 1 is 1.33 bits per heavy atom. The van der Waals surface area contributed by atoms with E-state index in [0.717, 1.165) is 37.3 Å². The third-order valence-electron chi connectivity index (χ3n) is 4.59. The van der Waals surface area contributed by atoms with E-state index in [9.17, 15) is 4.79 Å². The van der Waals surface area contributed by atoms with E-state index in [1.54, 1.807) is 11.6 Å². The number of nitrogens with zero attached hydrogens (tertiary/aromatic N) is 2. The molecule has 0 radical (unpaired) electrons. The van der Waals surface area contributed by atoms with E-state index in [-0.39, 0.29) is 5.97 Å². The van der Waals surface area contributed by atoms with Gasteiger partial charge in [-0.2, -0.15) is 5.10 Å². The number of aryl methyl sites for hydroxylation is 2. The third kappa shape index (κ3) is 3.36. The minimum Gasteiger partial charge on any atom is -0.461 e. The fourth-order valence-corrected chi connectivity index (χ4v) is 3.22. The number of carbonyl (C=O) groups is 1. The first-order valence-electron chi connectivity index (χ1n) is 8.50. The highest BCUT2D eigenvalue weighted by atomic mass is 16.5. The van der Waals surface area contributed by atoms with Crippen molar-refractivity contribution in [1.82, 2.24) is 9.78 Å². The van der Waals surface area contributed by atoms with Gasteiger partial charge in [0.1, 0.15) is 0 Å². The molecule has 5 heteroatoms. The molecule has 1 aliphatic heterocycles. The van der Waals surface area contributed by atoms with Crippen molar-refractivity contribution in [1.29, 1.82) is 0 Å². The van der Waals surface area contributed by atoms with Gasteiger partial charge in [0.05, 0.1) is 12.3 Å². The maximum Gasteiger partial charge on any atom is 0.358 e. The van der Waals surface area contributed by atoms with Gasteiger partial charge in [-0.15, -0.1) is 0 Å². The van der Waals surface area contributed by atoms with Gasteiger partial charge in [0.15, 0.2) is 5.69 Å². The van der Waals surface area contributed by atoms with Crippen LogP contribution in [-0.4, -0.2) is 35.6 Å². The fourth-order valence-electron chi connectivity index (χ4n) is 3.22. The van der Waals surface area contributed by atoms with Crippen LogP contribution in [0.15, 0.2) is 24.3 Å². The highest BCUT2D eigenvalue weighted by Gasteiger charge is 2.19. The molecule has 1 aromatic carbocycles. The lowest BCUT2D eigenvalue weighted by molar-refractivity contribution is 0.0518. The first kappa shape index (κ1) is 16.7. The monoisotopic (exact) mass is 328 g/mol. The summed E-state index contributed by atoms with van der Waals surface area (Å²) in [6.45, 7) is 5.88. The summed E-state index contributed by atoms with van der Waals surface area (Å²) in [7, 11) is 1.86. The largest absolute Gasteiger partial charge is 0.461 e. The van der Waals surface area contributed by atoms with Crippen molar-refractivity contribution in [3.63, 3.8) is 0 Å². The number of esters is 1. The molecule has 1 aliphatic rings. The summed E-state index contributed by atoms with van der Waals surface area (Å²) in [6.07, 6.45) is 2.12. The van der Waals surface area contributed by atoms with Crippen LogP contribution in [0, 0.1) is 6.92 Å². The van der Waals surface area contributed by atoms with E-state index < -0.39 is 0 Å². The number of carbonyl (C=O) groups excluding carboxylic acids is 1. The fraction of sp³-hybridized carbons (Fsp3) is 0.474. The molecule has 0 bridgehead atoms. The summed E-state index contributed by atoms with van der Waals surface area (Å²) in [5.41, 5.74) is 4.90. The molecule has 0 amide bonds. The highest BCUT2D eigenvalue weighted by Crippen LogP contribution is 2.32. The van der Waals surface area contributed by atoms with Gasteiger partial charge in [-0.25, -0.2) is 4.79 Å². The standard InChI is InChI=1S/C19H24N2O3/c1-4-24-19(22)17-12-18(21(3)20-17)16-11-15(6-5-13(16)2)14-7-9-23-10-8-14/h5-6,11-12,14H,4,7-10H2,1-3H3. The Hall–Kier alpha value is -2.14. The number of benzene rings is 1. The second-order valence-corrected chi connectivity index (χ2v) is 6.22. The van der Waals surface area contributed by atoms with Crippen LogP contribution in [0.4, 0.5) is 0 Å². The molecule has 0 aliphatic carbocycles. The van der Waals surface area contributed by atoms with Crippen LogP contribution in [0.5, 0.6) is 0 Å². The van der Waals surface area contributed by atoms with Crippen LogP contribution in [-0.2, 0) is 16.5 Å². The molecule has 1 aromatic heterocycles. The lowest BCUT2D eigenvalue weighted by atomic mass is 9.89. The van der Waals surface area contributed by atoms with E-state index in [1.165, 1.54) is 11.1 Å². The summed E-state index contributed by atoms with van der Waals surface area (Å²) < 4.78 is 12.3. The Morgan fingerprint density at radius 3 is 2.79 bits per heavy atom. The molecule has 5 nitrogen and oxygen atoms in total. The molecule has 3 rings (SSSR count). The topological polar surface area (TPSA) is 53.4 Å². The SMILES string of the molecule is CCOC(=O)c1cc(-c2cc(C3CCOCC3)ccc2C)n(C)n1.